The first-order valence-electron chi connectivity index (χ1n) is 6.52. The molecule has 0 radical (unpaired) electrons. The molecule has 0 N–H and O–H groups in total. The highest BCUT2D eigenvalue weighted by atomic mass is 79.9. The van der Waals surface area contributed by atoms with Gasteiger partial charge in [0.2, 0.25) is 0 Å². The second-order valence-corrected chi connectivity index (χ2v) is 5.79. The van der Waals surface area contributed by atoms with E-state index in [0.29, 0.717) is 13.1 Å². The summed E-state index contributed by atoms with van der Waals surface area (Å²) in [4.78, 5) is 20.1. The van der Waals surface area contributed by atoms with Crippen LogP contribution in [0.25, 0.3) is 0 Å². The zero-order chi connectivity index (χ0) is 13.2. The molecule has 0 bridgehead atoms. The molecule has 2 amide bonds. The molecule has 0 saturated carbocycles. The lowest BCUT2D eigenvalue weighted by Crippen LogP contribution is -2.36. The quantitative estimate of drug-likeness (QED) is 0.856. The van der Waals surface area contributed by atoms with Crippen LogP contribution in [0.5, 0.6) is 0 Å². The lowest BCUT2D eigenvalue weighted by atomic mass is 10.2. The maximum absolute atomic E-state index is 12.4. The number of carbonyl (C=O) groups excluding carboxylic acids is 1. The molecular formula is C13H16BrN3O2. The fourth-order valence-electron chi connectivity index (χ4n) is 2.57. The van der Waals surface area contributed by atoms with E-state index in [4.69, 9.17) is 4.74 Å². The van der Waals surface area contributed by atoms with E-state index in [-0.39, 0.29) is 12.1 Å². The number of aromatic nitrogens is 1. The van der Waals surface area contributed by atoms with Gasteiger partial charge in [-0.25, -0.2) is 4.79 Å². The summed E-state index contributed by atoms with van der Waals surface area (Å²) in [7, 11) is 0. The third-order valence-corrected chi connectivity index (χ3v) is 3.98. The van der Waals surface area contributed by atoms with Crippen LogP contribution in [-0.2, 0) is 4.74 Å². The highest BCUT2D eigenvalue weighted by Crippen LogP contribution is 2.23. The average Bonchev–Trinajstić information content (AvgIpc) is 3.01. The summed E-state index contributed by atoms with van der Waals surface area (Å²) >= 11 is 3.38. The van der Waals surface area contributed by atoms with Crippen molar-refractivity contribution in [1.82, 2.24) is 9.88 Å². The van der Waals surface area contributed by atoms with Crippen LogP contribution in [0, 0.1) is 0 Å². The maximum atomic E-state index is 12.4. The molecule has 3 rings (SSSR count). The standard InChI is InChI=1S/C13H16BrN3O2/c14-10-6-11(8-15-7-10)17-4-3-16(13(17)18)9-12-2-1-5-19-12/h6-8,12H,1-5,9H2. The van der Waals surface area contributed by atoms with Gasteiger partial charge in [-0.3, -0.25) is 9.88 Å². The van der Waals surface area contributed by atoms with E-state index in [9.17, 15) is 4.79 Å². The topological polar surface area (TPSA) is 45.7 Å². The van der Waals surface area contributed by atoms with Crippen LogP contribution in [0.2, 0.25) is 0 Å². The monoisotopic (exact) mass is 325 g/mol. The van der Waals surface area contributed by atoms with Crippen molar-refractivity contribution in [2.45, 2.75) is 18.9 Å². The molecule has 6 heteroatoms. The van der Waals surface area contributed by atoms with Gasteiger partial charge < -0.3 is 9.64 Å². The molecular weight excluding hydrogens is 310 g/mol. The van der Waals surface area contributed by atoms with Gasteiger partial charge in [-0.2, -0.15) is 0 Å². The van der Waals surface area contributed by atoms with Crippen LogP contribution in [0.15, 0.2) is 22.9 Å². The van der Waals surface area contributed by atoms with Crippen molar-refractivity contribution in [1.29, 1.82) is 0 Å². The molecule has 1 unspecified atom stereocenters. The Morgan fingerprint density at radius 3 is 3.05 bits per heavy atom. The first kappa shape index (κ1) is 12.9. The van der Waals surface area contributed by atoms with Crippen molar-refractivity contribution in [3.8, 4) is 0 Å². The highest BCUT2D eigenvalue weighted by Gasteiger charge is 2.32. The summed E-state index contributed by atoms with van der Waals surface area (Å²) in [5.41, 5.74) is 0.842. The molecule has 3 heterocycles. The first-order chi connectivity index (χ1) is 9.24. The number of nitrogens with zero attached hydrogens (tertiary/aromatic N) is 3. The minimum atomic E-state index is 0.0513. The molecule has 2 aliphatic rings. The predicted octanol–water partition coefficient (Wildman–Crippen LogP) is 2.27. The molecule has 2 aliphatic heterocycles. The molecule has 0 aromatic carbocycles. The number of halogens is 1. The molecule has 2 saturated heterocycles. The molecule has 0 spiro atoms. The van der Waals surface area contributed by atoms with E-state index in [1.165, 1.54) is 0 Å². The number of hydrogen-bond acceptors (Lipinski definition) is 3. The Labute approximate surface area is 120 Å². The number of rotatable bonds is 3. The molecule has 19 heavy (non-hydrogen) atoms. The van der Waals surface area contributed by atoms with Gasteiger partial charge in [-0.05, 0) is 34.8 Å². The van der Waals surface area contributed by atoms with Crippen molar-refractivity contribution in [2.24, 2.45) is 0 Å². The largest absolute Gasteiger partial charge is 0.376 e. The highest BCUT2D eigenvalue weighted by molar-refractivity contribution is 9.10. The second kappa shape index (κ2) is 5.46. The zero-order valence-corrected chi connectivity index (χ0v) is 12.2. The molecule has 1 aromatic heterocycles. The summed E-state index contributed by atoms with van der Waals surface area (Å²) in [6.45, 7) is 3.00. The third-order valence-electron chi connectivity index (χ3n) is 3.55. The van der Waals surface area contributed by atoms with Gasteiger partial charge in [0, 0.05) is 36.9 Å². The summed E-state index contributed by atoms with van der Waals surface area (Å²) < 4.78 is 6.48. The number of amides is 2. The fourth-order valence-corrected chi connectivity index (χ4v) is 2.93. The molecule has 2 fully saturated rings. The number of pyridine rings is 1. The van der Waals surface area contributed by atoms with Crippen molar-refractivity contribution in [3.63, 3.8) is 0 Å². The van der Waals surface area contributed by atoms with Crippen LogP contribution in [0.4, 0.5) is 10.5 Å². The Hall–Kier alpha value is -1.14. The Balaban J connectivity index is 1.67. The van der Waals surface area contributed by atoms with Crippen molar-refractivity contribution in [3.05, 3.63) is 22.9 Å². The van der Waals surface area contributed by atoms with Gasteiger partial charge in [0.1, 0.15) is 0 Å². The Morgan fingerprint density at radius 2 is 2.32 bits per heavy atom. The number of anilines is 1. The zero-order valence-electron chi connectivity index (χ0n) is 10.6. The van der Waals surface area contributed by atoms with Crippen molar-refractivity contribution in [2.75, 3.05) is 31.1 Å². The van der Waals surface area contributed by atoms with E-state index in [1.54, 1.807) is 17.3 Å². The third kappa shape index (κ3) is 2.74. The van der Waals surface area contributed by atoms with Gasteiger partial charge in [-0.1, -0.05) is 0 Å². The molecule has 1 atom stereocenters. The van der Waals surface area contributed by atoms with Crippen LogP contribution in [0.3, 0.4) is 0 Å². The smallest absolute Gasteiger partial charge is 0.324 e. The Morgan fingerprint density at radius 1 is 1.42 bits per heavy atom. The van der Waals surface area contributed by atoms with E-state index < -0.39 is 0 Å². The Bertz CT molecular complexity index is 477. The molecule has 102 valence electrons. The van der Waals surface area contributed by atoms with Gasteiger partial charge >= 0.3 is 6.03 Å². The number of carbonyl (C=O) groups is 1. The van der Waals surface area contributed by atoms with E-state index in [2.05, 4.69) is 20.9 Å². The van der Waals surface area contributed by atoms with Gasteiger partial charge in [0.15, 0.2) is 0 Å². The summed E-state index contributed by atoms with van der Waals surface area (Å²) in [6.07, 6.45) is 5.81. The lowest BCUT2D eigenvalue weighted by molar-refractivity contribution is 0.0874. The predicted molar refractivity (Wildman–Crippen MR) is 75.2 cm³/mol. The number of ether oxygens (including phenoxy) is 1. The van der Waals surface area contributed by atoms with Crippen LogP contribution < -0.4 is 4.90 Å². The SMILES string of the molecule is O=C1N(CC2CCCO2)CCN1c1cncc(Br)c1. The lowest BCUT2D eigenvalue weighted by Gasteiger charge is -2.21. The second-order valence-electron chi connectivity index (χ2n) is 4.88. The first-order valence-corrected chi connectivity index (χ1v) is 7.32. The minimum absolute atomic E-state index is 0.0513. The summed E-state index contributed by atoms with van der Waals surface area (Å²) in [5.74, 6) is 0. The normalized spacial score (nSPS) is 23.4. The van der Waals surface area contributed by atoms with Gasteiger partial charge in [0.05, 0.1) is 18.0 Å². The average molecular weight is 326 g/mol. The van der Waals surface area contributed by atoms with E-state index >= 15 is 0 Å². The molecule has 5 nitrogen and oxygen atoms in total. The van der Waals surface area contributed by atoms with Crippen LogP contribution in [0.1, 0.15) is 12.8 Å². The molecule has 0 aliphatic carbocycles. The van der Waals surface area contributed by atoms with Crippen molar-refractivity contribution < 1.29 is 9.53 Å². The summed E-state index contributed by atoms with van der Waals surface area (Å²) in [5, 5.41) is 0. The summed E-state index contributed by atoms with van der Waals surface area (Å²) in [6, 6.07) is 1.97. The van der Waals surface area contributed by atoms with Crippen molar-refractivity contribution >= 4 is 27.6 Å². The molecule has 1 aromatic rings. The van der Waals surface area contributed by atoms with E-state index in [1.807, 2.05) is 11.0 Å². The maximum Gasteiger partial charge on any atom is 0.324 e. The van der Waals surface area contributed by atoms with Crippen LogP contribution >= 0.6 is 15.9 Å². The number of urea groups is 1. The van der Waals surface area contributed by atoms with Gasteiger partial charge in [0.25, 0.3) is 0 Å². The fraction of sp³-hybridized carbons (Fsp3) is 0.538. The Kier molecular flexibility index (Phi) is 3.70. The minimum Gasteiger partial charge on any atom is -0.376 e. The van der Waals surface area contributed by atoms with Gasteiger partial charge in [-0.15, -0.1) is 0 Å². The van der Waals surface area contributed by atoms with E-state index in [0.717, 1.165) is 36.2 Å². The number of hydrogen-bond donors (Lipinski definition) is 0. The van der Waals surface area contributed by atoms with Crippen LogP contribution in [-0.4, -0.2) is 48.3 Å².